The number of ether oxygens (including phenoxy) is 19. The van der Waals surface area contributed by atoms with E-state index in [4.69, 9.17) is 94.2 Å². The van der Waals surface area contributed by atoms with Gasteiger partial charge in [-0.05, 0) is 6.92 Å². The Morgan fingerprint density at radius 3 is 1.01 bits per heavy atom. The van der Waals surface area contributed by atoms with Gasteiger partial charge >= 0.3 is 10.4 Å². The molecular formula is C70H117N5O53S. The standard InChI is InChI=1S/C70H117N5O53S/c1-16-36(88)46(98)50(102)66(111-16)125-57-35(75-21(6)87)65(119-30(15-110-129(106,107)108)55(57)124-67-51(103)47(99)39(91)24(9-78)115-67)127-59-48(100)40(92)25(10-79)116-69(59)109-14-29-56(123-62-32(72-18(3)84)42(94)37(89)22(7-76)113-62)58(126-70-60(49(101)41(93)26(11-80)117-70)128-63-33(73-19(4)85)43(95)38(90)23(8-77)114-63)52(104)68(120-29)122-54-28(13-82)118-64(34(45(54)97)74-20(5)86)121-53-27(12-81)112-61(105)31(44(53)96)71-17(2)83/h16,22-70,76-82,88-105H,7-15H2,1-6H3,(H,71,83)(H,72,84)(H,73,85)(H,74,86)(H,75,87)(H,106,107,108)/t16-,22+,23+,24+,25+,26+,27+,28+,29+,30+,31+,32+,33+,34+,35+,36+,37+,38+,39-,40+,41+,42+,43+,44+,45+,46+,47-,48-,49-,50-,51+,52-,53+,54+,55+,56+,57+,58+,59-,60-,61+,62-,63-,64-,65-,66-,67-,68-,69-,70+/m0/s1. The number of carbonyl (C=O) groups is 5. The van der Waals surface area contributed by atoms with E-state index in [9.17, 15) is 165 Å². The average Bonchev–Trinajstić information content (AvgIpc) is 0.756. The van der Waals surface area contributed by atoms with E-state index in [2.05, 4.69) is 26.6 Å². The smallest absolute Gasteiger partial charge is 0.394 e. The van der Waals surface area contributed by atoms with Gasteiger partial charge in [0.05, 0.1) is 65.6 Å². The van der Waals surface area contributed by atoms with Gasteiger partial charge in [-0.1, -0.05) is 0 Å². The van der Waals surface area contributed by atoms with Gasteiger partial charge in [-0.15, -0.1) is 0 Å². The third-order valence-electron chi connectivity index (χ3n) is 23.0. The quantitative estimate of drug-likeness (QED) is 0.0266. The van der Waals surface area contributed by atoms with Crippen molar-refractivity contribution in [2.45, 2.75) is 348 Å². The van der Waals surface area contributed by atoms with Crippen molar-refractivity contribution in [1.29, 1.82) is 0 Å². The minimum Gasteiger partial charge on any atom is -0.394 e. The van der Waals surface area contributed by atoms with E-state index >= 15 is 0 Å². The zero-order valence-electron chi connectivity index (χ0n) is 69.3. The van der Waals surface area contributed by atoms with E-state index in [1.54, 1.807) is 0 Å². The minimum absolute atomic E-state index is 0.829. The van der Waals surface area contributed by atoms with Gasteiger partial charge in [0.2, 0.25) is 29.5 Å². The molecule has 10 aliphatic rings. The van der Waals surface area contributed by atoms with Crippen LogP contribution in [0.25, 0.3) is 0 Å². The minimum atomic E-state index is -5.67. The van der Waals surface area contributed by atoms with E-state index in [0.717, 1.165) is 41.5 Å². The number of carbonyl (C=O) groups excluding carboxylic acids is 5. The maximum atomic E-state index is 13.7. The van der Waals surface area contributed by atoms with Gasteiger partial charge in [-0.2, -0.15) is 8.42 Å². The molecule has 0 radical (unpaired) electrons. The van der Waals surface area contributed by atoms with Gasteiger partial charge in [0, 0.05) is 34.6 Å². The first-order valence-corrected chi connectivity index (χ1v) is 42.0. The molecule has 58 nitrogen and oxygen atoms in total. The van der Waals surface area contributed by atoms with E-state index in [0.29, 0.717) is 0 Å². The highest BCUT2D eigenvalue weighted by Gasteiger charge is 2.63. The summed E-state index contributed by atoms with van der Waals surface area (Å²) in [6, 6.07) is -10.0. The Kier molecular flexibility index (Phi) is 38.0. The van der Waals surface area contributed by atoms with E-state index in [1.807, 2.05) is 0 Å². The molecule has 59 heteroatoms. The third-order valence-corrected chi connectivity index (χ3v) is 23.5. The Labute approximate surface area is 730 Å². The van der Waals surface area contributed by atoms with Crippen LogP contribution in [-0.4, -0.2) is 536 Å². The average molecular weight is 1910 g/mol. The van der Waals surface area contributed by atoms with Crippen LogP contribution in [0.5, 0.6) is 0 Å². The summed E-state index contributed by atoms with van der Waals surface area (Å²) in [5.74, 6) is -4.98. The van der Waals surface area contributed by atoms with Gasteiger partial charge in [-0.3, -0.25) is 28.5 Å². The molecule has 10 heterocycles. The summed E-state index contributed by atoms with van der Waals surface area (Å²) in [6.07, 6.45) is -101. The summed E-state index contributed by atoms with van der Waals surface area (Å²) < 4.78 is 156. The zero-order chi connectivity index (χ0) is 95.3. The second-order valence-electron chi connectivity index (χ2n) is 32.2. The molecule has 0 spiro atoms. The number of aliphatic hydroxyl groups is 25. The zero-order valence-corrected chi connectivity index (χ0v) is 70.1. The summed E-state index contributed by atoms with van der Waals surface area (Å²) in [6.45, 7) is -5.69. The van der Waals surface area contributed by atoms with Crippen molar-refractivity contribution in [3.63, 3.8) is 0 Å². The van der Waals surface area contributed by atoms with Crippen molar-refractivity contribution >= 4 is 39.9 Å². The second kappa shape index (κ2) is 46.1. The molecule has 0 aromatic heterocycles. The lowest BCUT2D eigenvalue weighted by Crippen LogP contribution is -2.72. The van der Waals surface area contributed by atoms with Gasteiger partial charge in [-0.25, -0.2) is 4.18 Å². The lowest BCUT2D eigenvalue weighted by atomic mass is 9.93. The molecule has 0 aliphatic carbocycles. The van der Waals surface area contributed by atoms with Crippen LogP contribution in [-0.2, 0) is 129 Å². The topological polar surface area (TPSA) is 890 Å². The van der Waals surface area contributed by atoms with Crippen molar-refractivity contribution < 1.29 is 259 Å². The highest BCUT2D eigenvalue weighted by Crippen LogP contribution is 2.42. The highest BCUT2D eigenvalue weighted by molar-refractivity contribution is 7.80. The van der Waals surface area contributed by atoms with Crippen LogP contribution < -0.4 is 26.6 Å². The van der Waals surface area contributed by atoms with Crippen LogP contribution in [0.15, 0.2) is 0 Å². The van der Waals surface area contributed by atoms with Crippen LogP contribution in [0.3, 0.4) is 0 Å². The van der Waals surface area contributed by atoms with Crippen molar-refractivity contribution in [2.75, 3.05) is 59.5 Å². The molecule has 5 amide bonds. The predicted octanol–water partition coefficient (Wildman–Crippen LogP) is -21.2. The maximum Gasteiger partial charge on any atom is 0.397 e. The van der Waals surface area contributed by atoms with E-state index in [1.165, 1.54) is 0 Å². The molecule has 0 unspecified atom stereocenters. The maximum absolute atomic E-state index is 13.7. The summed E-state index contributed by atoms with van der Waals surface area (Å²) in [5, 5.41) is 295. The Bertz CT molecular complexity index is 3700. The molecule has 0 aromatic carbocycles. The number of nitrogens with one attached hydrogen (secondary N) is 5. The lowest BCUT2D eigenvalue weighted by Gasteiger charge is -2.52. The van der Waals surface area contributed by atoms with Crippen molar-refractivity contribution in [3.8, 4) is 0 Å². The van der Waals surface area contributed by atoms with Gasteiger partial charge in [0.25, 0.3) is 0 Å². The largest absolute Gasteiger partial charge is 0.397 e. The van der Waals surface area contributed by atoms with Crippen molar-refractivity contribution in [2.24, 2.45) is 0 Å². The Morgan fingerprint density at radius 2 is 0.543 bits per heavy atom. The van der Waals surface area contributed by atoms with Crippen LogP contribution >= 0.6 is 0 Å². The summed E-state index contributed by atoms with van der Waals surface area (Å²) in [5.41, 5.74) is 0. The molecule has 10 aliphatic heterocycles. The SMILES string of the molecule is CC(=O)N[C@@H]1[C@@H](O)[C@H](O[C@@H]2O[C@H](CO)[C@@H](O[C@@H]3O[C@H](CO[C@H]4O[C@H](CO)[C@@H](O)[C@H](O)[C@@H]4O[C@@H]4O[C@H](COS(=O)(=O)O)[C@@H](O[C@@H]5O[C@H](CO)[C@H](O)[C@H](O)[C@H]5O)[C@H](O[C@@H]5O[C@@H](C)[C@@H](O)[C@@H](O)[C@@H]5O)[C@H]4NC(C)=O)[C@@H](O[C@@H]4O[C@H](CO)[C@@H](O)[C@H](O)[C@H]4NC(C)=O)[C@H](O[C@H]4O[C@H](CO)[C@@H](O)[C@H](O)[C@@H]4O[C@@H]4O[C@H](CO)[C@@H](O)[C@H](O)[C@H]4NC(C)=O)[C@@H]3O)[C@H](O)[C@H]2NC(C)=O)[C@@H](CO)O[C@H]1O. The summed E-state index contributed by atoms with van der Waals surface area (Å²) >= 11 is 0. The molecule has 10 saturated heterocycles. The first-order chi connectivity index (χ1) is 60.7. The first-order valence-electron chi connectivity index (χ1n) is 40.6. The van der Waals surface area contributed by atoms with E-state index in [-0.39, 0.29) is 0 Å². The van der Waals surface area contributed by atoms with Crippen LogP contribution in [0, 0.1) is 0 Å². The Balaban J connectivity index is 1.12. The van der Waals surface area contributed by atoms with Crippen molar-refractivity contribution in [1.82, 2.24) is 26.6 Å². The molecule has 129 heavy (non-hydrogen) atoms. The fourth-order valence-corrected chi connectivity index (χ4v) is 16.7. The molecule has 0 bridgehead atoms. The first kappa shape index (κ1) is 107. The molecule has 10 rings (SSSR count). The van der Waals surface area contributed by atoms with Crippen LogP contribution in [0.1, 0.15) is 41.5 Å². The highest BCUT2D eigenvalue weighted by atomic mass is 32.3. The Morgan fingerprint density at radius 1 is 0.256 bits per heavy atom. The van der Waals surface area contributed by atoms with Crippen LogP contribution in [0.2, 0.25) is 0 Å². The lowest BCUT2D eigenvalue weighted by molar-refractivity contribution is -0.408. The monoisotopic (exact) mass is 1910 g/mol. The molecule has 10 fully saturated rings. The number of hydrogen-bond donors (Lipinski definition) is 31. The summed E-state index contributed by atoms with van der Waals surface area (Å²) in [7, 11) is -5.67. The van der Waals surface area contributed by atoms with Gasteiger partial charge in [0.1, 0.15) is 238 Å². The molecular weight excluding hydrogens is 1790 g/mol. The van der Waals surface area contributed by atoms with Gasteiger partial charge < -0.3 is 244 Å². The summed E-state index contributed by atoms with van der Waals surface area (Å²) in [4.78, 5) is 65.3. The number of aliphatic hydroxyl groups excluding tert-OH is 25. The molecule has 31 N–H and O–H groups in total. The predicted molar refractivity (Wildman–Crippen MR) is 397 cm³/mol. The second-order valence-corrected chi connectivity index (χ2v) is 33.3. The normalized spacial score (nSPS) is 47.7. The fraction of sp³-hybridized carbons (Fsp3) is 0.929. The number of amides is 5. The van der Waals surface area contributed by atoms with Gasteiger partial charge in [0.15, 0.2) is 62.9 Å². The number of hydrogen-bond acceptors (Lipinski definition) is 52. The third kappa shape index (κ3) is 24.5. The Hall–Kier alpha value is -4.54. The fourth-order valence-electron chi connectivity index (χ4n) is 16.4. The van der Waals surface area contributed by atoms with Crippen molar-refractivity contribution in [3.05, 3.63) is 0 Å². The molecule has 0 aromatic rings. The van der Waals surface area contributed by atoms with E-state index < -0.39 is 406 Å². The molecule has 0 saturated carbocycles. The number of rotatable bonds is 34. The van der Waals surface area contributed by atoms with Crippen LogP contribution in [0.4, 0.5) is 0 Å². The molecule has 746 valence electrons. The molecule has 50 atom stereocenters.